The van der Waals surface area contributed by atoms with Crippen LogP contribution in [0.1, 0.15) is 32.8 Å². The Balaban J connectivity index is 1.90. The molecule has 0 N–H and O–H groups in total. The molecule has 0 aromatic carbocycles. The predicted molar refractivity (Wildman–Crippen MR) is 76.1 cm³/mol. The van der Waals surface area contributed by atoms with Crippen LogP contribution in [0.3, 0.4) is 0 Å². The Morgan fingerprint density at radius 2 is 2.04 bits per heavy atom. The maximum Gasteiger partial charge on any atom is 0.418 e. The van der Waals surface area contributed by atoms with E-state index >= 15 is 0 Å². The molecular weight excluding hydrogens is 313 g/mol. The summed E-state index contributed by atoms with van der Waals surface area (Å²) in [6, 6.07) is 0.683. The minimum Gasteiger partial charge on any atom is -0.490 e. The number of halogens is 3. The van der Waals surface area contributed by atoms with E-state index < -0.39 is 23.4 Å². The van der Waals surface area contributed by atoms with Gasteiger partial charge in [0.25, 0.3) is 0 Å². The molecule has 1 aliphatic heterocycles. The highest BCUT2D eigenvalue weighted by Crippen LogP contribution is 2.31. The molecule has 0 radical (unpaired) electrons. The summed E-state index contributed by atoms with van der Waals surface area (Å²) in [6.45, 7) is 5.95. The van der Waals surface area contributed by atoms with E-state index in [1.807, 2.05) is 0 Å². The molecule has 23 heavy (non-hydrogen) atoms. The van der Waals surface area contributed by atoms with Crippen molar-refractivity contribution in [1.29, 1.82) is 0 Å². The topological polar surface area (TPSA) is 51.7 Å². The van der Waals surface area contributed by atoms with Gasteiger partial charge in [-0.25, -0.2) is 4.79 Å². The van der Waals surface area contributed by atoms with Crippen LogP contribution in [0.15, 0.2) is 18.5 Å². The third-order valence-electron chi connectivity index (χ3n) is 3.25. The summed E-state index contributed by atoms with van der Waals surface area (Å²) < 4.78 is 48.4. The minimum atomic E-state index is -4.47. The summed E-state index contributed by atoms with van der Waals surface area (Å²) >= 11 is 0. The minimum absolute atomic E-state index is 0.0239. The van der Waals surface area contributed by atoms with Crippen LogP contribution in [0.25, 0.3) is 0 Å². The van der Waals surface area contributed by atoms with Gasteiger partial charge in [-0.1, -0.05) is 0 Å². The molecule has 5 nitrogen and oxygen atoms in total. The van der Waals surface area contributed by atoms with Gasteiger partial charge in [0.2, 0.25) is 0 Å². The molecule has 1 aromatic rings. The first-order valence-corrected chi connectivity index (χ1v) is 7.21. The Hall–Kier alpha value is -1.99. The van der Waals surface area contributed by atoms with Crippen LogP contribution in [0.2, 0.25) is 0 Å². The predicted octanol–water partition coefficient (Wildman–Crippen LogP) is 3.49. The fraction of sp³-hybridized carbons (Fsp3) is 0.600. The molecule has 2 rings (SSSR count). The zero-order valence-corrected chi connectivity index (χ0v) is 13.2. The van der Waals surface area contributed by atoms with E-state index in [1.165, 1.54) is 11.1 Å². The highest BCUT2D eigenvalue weighted by Gasteiger charge is 2.36. The standard InChI is InChI=1S/C15H19F3N2O3/c1-14(2,3)23-13(21)20-5-4-11(20)9-22-12-6-10(7-19-8-12)15(16,17)18/h6-8,11H,4-5,9H2,1-3H3/t11-/m0/s1. The lowest BCUT2D eigenvalue weighted by Gasteiger charge is -2.40. The number of rotatable bonds is 3. The van der Waals surface area contributed by atoms with Crippen molar-refractivity contribution in [3.05, 3.63) is 24.0 Å². The number of pyridine rings is 1. The van der Waals surface area contributed by atoms with E-state index in [9.17, 15) is 18.0 Å². The average Bonchev–Trinajstić information content (AvgIpc) is 2.34. The second kappa shape index (κ2) is 6.25. The number of ether oxygens (including phenoxy) is 2. The monoisotopic (exact) mass is 332 g/mol. The van der Waals surface area contributed by atoms with E-state index in [4.69, 9.17) is 9.47 Å². The zero-order chi connectivity index (χ0) is 17.3. The van der Waals surface area contributed by atoms with E-state index in [1.54, 1.807) is 20.8 Å². The van der Waals surface area contributed by atoms with Crippen LogP contribution in [0.5, 0.6) is 5.75 Å². The van der Waals surface area contributed by atoms with Gasteiger partial charge in [0.1, 0.15) is 18.0 Å². The van der Waals surface area contributed by atoms with Crippen LogP contribution >= 0.6 is 0 Å². The molecule has 0 aliphatic carbocycles. The Bertz CT molecular complexity index is 570. The Morgan fingerprint density at radius 1 is 1.35 bits per heavy atom. The summed E-state index contributed by atoms with van der Waals surface area (Å²) in [5, 5.41) is 0. The van der Waals surface area contributed by atoms with Gasteiger partial charge in [0.05, 0.1) is 17.8 Å². The van der Waals surface area contributed by atoms with Crippen molar-refractivity contribution < 1.29 is 27.4 Å². The van der Waals surface area contributed by atoms with Gasteiger partial charge in [-0.15, -0.1) is 0 Å². The maximum atomic E-state index is 12.6. The number of hydrogen-bond acceptors (Lipinski definition) is 4. The number of aromatic nitrogens is 1. The van der Waals surface area contributed by atoms with Gasteiger partial charge in [0.15, 0.2) is 0 Å². The molecule has 1 saturated heterocycles. The highest BCUT2D eigenvalue weighted by molar-refractivity contribution is 5.69. The average molecular weight is 332 g/mol. The number of carbonyl (C=O) groups is 1. The van der Waals surface area contributed by atoms with Gasteiger partial charge in [-0.3, -0.25) is 4.98 Å². The molecule has 128 valence electrons. The lowest BCUT2D eigenvalue weighted by atomic mass is 10.1. The first kappa shape index (κ1) is 17.4. The number of alkyl halides is 3. The Kier molecular flexibility index (Phi) is 4.72. The third-order valence-corrected chi connectivity index (χ3v) is 3.25. The smallest absolute Gasteiger partial charge is 0.418 e. The molecule has 1 amide bonds. The second-order valence-corrected chi connectivity index (χ2v) is 6.33. The molecule has 8 heteroatoms. The maximum absolute atomic E-state index is 12.6. The molecule has 2 heterocycles. The SMILES string of the molecule is CC(C)(C)OC(=O)N1CC[C@H]1COc1cncc(C(F)(F)F)c1. The summed E-state index contributed by atoms with van der Waals surface area (Å²) in [6.07, 6.45) is -2.24. The fourth-order valence-corrected chi connectivity index (χ4v) is 2.02. The Morgan fingerprint density at radius 3 is 2.57 bits per heavy atom. The molecule has 0 bridgehead atoms. The van der Waals surface area contributed by atoms with Crippen LogP contribution in [-0.2, 0) is 10.9 Å². The van der Waals surface area contributed by atoms with Crippen LogP contribution in [0.4, 0.5) is 18.0 Å². The molecule has 0 spiro atoms. The van der Waals surface area contributed by atoms with Crippen LogP contribution < -0.4 is 4.74 Å². The van der Waals surface area contributed by atoms with E-state index in [0.29, 0.717) is 13.0 Å². The second-order valence-electron chi connectivity index (χ2n) is 6.33. The quantitative estimate of drug-likeness (QED) is 0.850. The van der Waals surface area contributed by atoms with Gasteiger partial charge in [-0.05, 0) is 33.3 Å². The number of carbonyl (C=O) groups excluding carboxylic acids is 1. The van der Waals surface area contributed by atoms with Crippen LogP contribution in [0, 0.1) is 0 Å². The highest BCUT2D eigenvalue weighted by atomic mass is 19.4. The van der Waals surface area contributed by atoms with E-state index in [0.717, 1.165) is 12.3 Å². The number of hydrogen-bond donors (Lipinski definition) is 0. The number of amides is 1. The van der Waals surface area contributed by atoms with Gasteiger partial charge >= 0.3 is 12.3 Å². The van der Waals surface area contributed by atoms with Gasteiger partial charge in [0, 0.05) is 12.7 Å². The number of likely N-dealkylation sites (tertiary alicyclic amines) is 1. The summed E-state index contributed by atoms with van der Waals surface area (Å²) in [4.78, 5) is 17.0. The van der Waals surface area contributed by atoms with Gasteiger partial charge in [-0.2, -0.15) is 13.2 Å². The molecule has 1 aromatic heterocycles. The molecule has 1 atom stereocenters. The molecule has 1 fully saturated rings. The van der Waals surface area contributed by atoms with Crippen molar-refractivity contribution in [3.63, 3.8) is 0 Å². The summed E-state index contributed by atoms with van der Waals surface area (Å²) in [5.74, 6) is 0.0239. The summed E-state index contributed by atoms with van der Waals surface area (Å²) in [5.41, 5.74) is -1.46. The van der Waals surface area contributed by atoms with Crippen molar-refractivity contribution >= 4 is 6.09 Å². The number of nitrogens with zero attached hydrogens (tertiary/aromatic N) is 2. The lowest BCUT2D eigenvalue weighted by molar-refractivity contribution is -0.138. The zero-order valence-electron chi connectivity index (χ0n) is 13.2. The van der Waals surface area contributed by atoms with Crippen molar-refractivity contribution in [1.82, 2.24) is 9.88 Å². The largest absolute Gasteiger partial charge is 0.490 e. The molecular formula is C15H19F3N2O3. The normalized spacial score (nSPS) is 18.3. The summed E-state index contributed by atoms with van der Waals surface area (Å²) in [7, 11) is 0. The first-order valence-electron chi connectivity index (χ1n) is 7.21. The van der Waals surface area contributed by atoms with Crippen molar-refractivity contribution in [2.75, 3.05) is 13.2 Å². The molecule has 1 aliphatic rings. The third kappa shape index (κ3) is 4.74. The van der Waals surface area contributed by atoms with Crippen molar-refractivity contribution in [2.45, 2.75) is 45.0 Å². The first-order chi connectivity index (χ1) is 10.6. The van der Waals surface area contributed by atoms with E-state index in [-0.39, 0.29) is 18.4 Å². The molecule has 0 saturated carbocycles. The van der Waals surface area contributed by atoms with Crippen LogP contribution in [-0.4, -0.2) is 40.8 Å². The van der Waals surface area contributed by atoms with E-state index in [2.05, 4.69) is 4.98 Å². The molecule has 0 unspecified atom stereocenters. The Labute approximate surface area is 132 Å². The van der Waals surface area contributed by atoms with Gasteiger partial charge < -0.3 is 14.4 Å². The van der Waals surface area contributed by atoms with Crippen molar-refractivity contribution in [2.24, 2.45) is 0 Å². The van der Waals surface area contributed by atoms with Crippen molar-refractivity contribution in [3.8, 4) is 5.75 Å². The fourth-order valence-electron chi connectivity index (χ4n) is 2.02. The lowest BCUT2D eigenvalue weighted by Crippen LogP contribution is -2.55.